The molecule has 0 saturated carbocycles. The Labute approximate surface area is 100 Å². The number of hydrogen-bond donors (Lipinski definition) is 2. The molecule has 0 spiro atoms. The minimum atomic E-state index is -3.63. The molecule has 2 rings (SSSR count). The maximum Gasteiger partial charge on any atom is 0.240 e. The summed E-state index contributed by atoms with van der Waals surface area (Å²) in [7, 11) is -3.63. The normalized spacial score (nSPS) is 25.9. The van der Waals surface area contributed by atoms with Gasteiger partial charge in [0.25, 0.3) is 0 Å². The minimum Gasteiger partial charge on any atom is -0.265 e. The second-order valence-corrected chi connectivity index (χ2v) is 7.02. The molecule has 0 unspecified atom stereocenters. The van der Waals surface area contributed by atoms with Crippen LogP contribution in [0.15, 0.2) is 22.2 Å². The van der Waals surface area contributed by atoms with Gasteiger partial charge in [0.15, 0.2) is 10.1 Å². The van der Waals surface area contributed by atoms with Gasteiger partial charge in [0.1, 0.15) is 11.2 Å². The lowest BCUT2D eigenvalue weighted by atomic mass is 10.1. The Morgan fingerprint density at radius 2 is 1.29 bits per heavy atom. The molecular formula is C10H16N2O4S. The summed E-state index contributed by atoms with van der Waals surface area (Å²) in [5, 5.41) is 0.0603. The fourth-order valence-corrected chi connectivity index (χ4v) is 2.91. The van der Waals surface area contributed by atoms with E-state index in [1.165, 1.54) is 12.2 Å². The first kappa shape index (κ1) is 12.4. The van der Waals surface area contributed by atoms with Crippen LogP contribution in [-0.4, -0.2) is 19.6 Å². The third kappa shape index (κ3) is 2.31. The summed E-state index contributed by atoms with van der Waals surface area (Å²) in [6, 6.07) is 0. The van der Waals surface area contributed by atoms with Crippen molar-refractivity contribution >= 4 is 9.84 Å². The van der Waals surface area contributed by atoms with E-state index in [9.17, 15) is 8.42 Å². The van der Waals surface area contributed by atoms with Crippen molar-refractivity contribution in [3.8, 4) is 0 Å². The highest BCUT2D eigenvalue weighted by Crippen LogP contribution is 2.29. The lowest BCUT2D eigenvalue weighted by molar-refractivity contribution is -0.0141. The molecule has 0 bridgehead atoms. The summed E-state index contributed by atoms with van der Waals surface area (Å²) < 4.78 is 24.4. The van der Waals surface area contributed by atoms with E-state index < -0.39 is 21.0 Å². The lowest BCUT2D eigenvalue weighted by Gasteiger charge is -2.11. The summed E-state index contributed by atoms with van der Waals surface area (Å²) in [6.07, 6.45) is 3.05. The van der Waals surface area contributed by atoms with Gasteiger partial charge in [-0.3, -0.25) is 20.6 Å². The van der Waals surface area contributed by atoms with E-state index >= 15 is 0 Å². The van der Waals surface area contributed by atoms with E-state index in [-0.39, 0.29) is 10.1 Å². The molecule has 6 nitrogen and oxygen atoms in total. The zero-order chi connectivity index (χ0) is 12.9. The average molecular weight is 260 g/mol. The smallest absolute Gasteiger partial charge is 0.240 e. The van der Waals surface area contributed by atoms with Crippen LogP contribution >= 0.6 is 0 Å². The van der Waals surface area contributed by atoms with E-state index in [0.717, 1.165) is 0 Å². The maximum atomic E-state index is 12.2. The zero-order valence-corrected chi connectivity index (χ0v) is 11.0. The summed E-state index contributed by atoms with van der Waals surface area (Å²) in [5.74, 6) is 0. The minimum absolute atomic E-state index is 0.0301. The first-order valence-electron chi connectivity index (χ1n) is 5.21. The zero-order valence-electron chi connectivity index (χ0n) is 10.2. The predicted molar refractivity (Wildman–Crippen MR) is 61.7 cm³/mol. The van der Waals surface area contributed by atoms with E-state index in [2.05, 4.69) is 11.0 Å². The van der Waals surface area contributed by atoms with Crippen molar-refractivity contribution in [2.45, 2.75) is 38.9 Å². The molecule has 0 amide bonds. The maximum absolute atomic E-state index is 12.2. The first-order chi connectivity index (χ1) is 7.62. The SMILES string of the molecule is CC1(C)C=C(S(=O)(=O)C2=CC(C)(C)ON2)NO1. The van der Waals surface area contributed by atoms with Crippen molar-refractivity contribution in [2.24, 2.45) is 0 Å². The van der Waals surface area contributed by atoms with Crippen LogP contribution in [0.3, 0.4) is 0 Å². The standard InChI is InChI=1S/C10H16N2O4S/c1-9(2)5-7(11-15-9)17(13,14)8-6-10(3,4)16-12-8/h5-6,11-12H,1-4H3. The number of rotatable bonds is 2. The molecule has 2 heterocycles. The highest BCUT2D eigenvalue weighted by molar-refractivity contribution is 7.98. The number of hydroxylamine groups is 2. The molecule has 0 aromatic heterocycles. The average Bonchev–Trinajstić information content (AvgIpc) is 2.69. The second-order valence-electron chi connectivity index (χ2n) is 5.14. The summed E-state index contributed by atoms with van der Waals surface area (Å²) in [6.45, 7) is 7.05. The van der Waals surface area contributed by atoms with Crippen LogP contribution in [-0.2, 0) is 19.5 Å². The van der Waals surface area contributed by atoms with Gasteiger partial charge in [0, 0.05) is 0 Å². The highest BCUT2D eigenvalue weighted by Gasteiger charge is 2.37. The van der Waals surface area contributed by atoms with Crippen LogP contribution in [0.5, 0.6) is 0 Å². The van der Waals surface area contributed by atoms with Crippen LogP contribution in [0.2, 0.25) is 0 Å². The molecule has 17 heavy (non-hydrogen) atoms. The van der Waals surface area contributed by atoms with Crippen LogP contribution in [0, 0.1) is 0 Å². The molecule has 0 aromatic carbocycles. The Morgan fingerprint density at radius 1 is 0.941 bits per heavy atom. The number of hydrogen-bond acceptors (Lipinski definition) is 6. The van der Waals surface area contributed by atoms with Crippen molar-refractivity contribution in [2.75, 3.05) is 0 Å². The van der Waals surface area contributed by atoms with Crippen LogP contribution < -0.4 is 11.0 Å². The third-order valence-corrected chi connectivity index (χ3v) is 3.93. The molecule has 0 radical (unpaired) electrons. The molecule has 0 aliphatic carbocycles. The monoisotopic (exact) mass is 260 g/mol. The molecule has 0 fully saturated rings. The van der Waals surface area contributed by atoms with Gasteiger partial charge in [-0.2, -0.15) is 0 Å². The highest BCUT2D eigenvalue weighted by atomic mass is 32.2. The molecule has 2 aliphatic rings. The third-order valence-electron chi connectivity index (χ3n) is 2.37. The Hall–Kier alpha value is -1.05. The van der Waals surface area contributed by atoms with E-state index in [4.69, 9.17) is 9.68 Å². The van der Waals surface area contributed by atoms with Crippen molar-refractivity contribution in [3.63, 3.8) is 0 Å². The largest absolute Gasteiger partial charge is 0.265 e. The molecule has 2 N–H and O–H groups in total. The Bertz CT molecular complexity index is 462. The Balaban J connectivity index is 2.34. The van der Waals surface area contributed by atoms with Gasteiger partial charge in [-0.1, -0.05) is 0 Å². The molecule has 2 aliphatic heterocycles. The van der Waals surface area contributed by atoms with Crippen molar-refractivity contribution in [1.29, 1.82) is 0 Å². The molecule has 0 aromatic rings. The lowest BCUT2D eigenvalue weighted by Crippen LogP contribution is -2.25. The van der Waals surface area contributed by atoms with Gasteiger partial charge in [-0.25, -0.2) is 8.42 Å². The van der Waals surface area contributed by atoms with Crippen LogP contribution in [0.25, 0.3) is 0 Å². The van der Waals surface area contributed by atoms with Crippen molar-refractivity contribution in [3.05, 3.63) is 22.2 Å². The quantitative estimate of drug-likeness (QED) is 0.761. The number of sulfone groups is 1. The molecular weight excluding hydrogens is 244 g/mol. The van der Waals surface area contributed by atoms with Gasteiger partial charge in [0.05, 0.1) is 0 Å². The summed E-state index contributed by atoms with van der Waals surface area (Å²) >= 11 is 0. The number of nitrogens with one attached hydrogen (secondary N) is 2. The van der Waals surface area contributed by atoms with Gasteiger partial charge < -0.3 is 0 Å². The Kier molecular flexibility index (Phi) is 2.53. The second kappa shape index (κ2) is 3.47. The van der Waals surface area contributed by atoms with E-state index in [1.54, 1.807) is 27.7 Å². The topological polar surface area (TPSA) is 76.7 Å². The van der Waals surface area contributed by atoms with E-state index in [1.807, 2.05) is 0 Å². The van der Waals surface area contributed by atoms with Gasteiger partial charge in [0.2, 0.25) is 9.84 Å². The Morgan fingerprint density at radius 3 is 1.53 bits per heavy atom. The summed E-state index contributed by atoms with van der Waals surface area (Å²) in [4.78, 5) is 10.3. The van der Waals surface area contributed by atoms with Gasteiger partial charge >= 0.3 is 0 Å². The fraction of sp³-hybridized carbons (Fsp3) is 0.600. The van der Waals surface area contributed by atoms with Crippen molar-refractivity contribution < 1.29 is 18.1 Å². The van der Waals surface area contributed by atoms with Gasteiger partial charge in [-0.15, -0.1) is 0 Å². The van der Waals surface area contributed by atoms with Gasteiger partial charge in [-0.05, 0) is 39.8 Å². The van der Waals surface area contributed by atoms with Crippen LogP contribution in [0.1, 0.15) is 27.7 Å². The molecule has 0 atom stereocenters. The van der Waals surface area contributed by atoms with Crippen molar-refractivity contribution in [1.82, 2.24) is 11.0 Å². The van der Waals surface area contributed by atoms with E-state index in [0.29, 0.717) is 0 Å². The molecule has 7 heteroatoms. The molecule has 96 valence electrons. The first-order valence-corrected chi connectivity index (χ1v) is 6.70. The predicted octanol–water partition coefficient (Wildman–Crippen LogP) is 0.711. The fourth-order valence-electron chi connectivity index (χ4n) is 1.50. The molecule has 0 saturated heterocycles. The summed E-state index contributed by atoms with van der Waals surface area (Å²) in [5.41, 5.74) is 3.57. The van der Waals surface area contributed by atoms with Crippen LogP contribution in [0.4, 0.5) is 0 Å².